The quantitative estimate of drug-likeness (QED) is 0.627. The average Bonchev–Trinajstić information content (AvgIpc) is 2.36. The lowest BCUT2D eigenvalue weighted by Crippen LogP contribution is -2.47. The van der Waals surface area contributed by atoms with Crippen molar-refractivity contribution < 1.29 is 13.3 Å². The van der Waals surface area contributed by atoms with E-state index in [1.807, 2.05) is 0 Å². The van der Waals surface area contributed by atoms with E-state index in [4.69, 9.17) is 0 Å². The molecule has 1 fully saturated rings. The van der Waals surface area contributed by atoms with E-state index in [1.54, 1.807) is 18.9 Å². The first-order valence-corrected chi connectivity index (χ1v) is 8.25. The van der Waals surface area contributed by atoms with E-state index in [0.717, 1.165) is 0 Å². The fraction of sp³-hybridized carbons (Fsp3) is 0.636. The minimum Gasteiger partial charge on any atom is -0.357 e. The summed E-state index contributed by atoms with van der Waals surface area (Å²) < 4.78 is 23.3. The van der Waals surface area contributed by atoms with E-state index in [0.29, 0.717) is 0 Å². The van der Waals surface area contributed by atoms with Crippen molar-refractivity contribution in [2.24, 2.45) is 0 Å². The summed E-state index contributed by atoms with van der Waals surface area (Å²) in [6.07, 6.45) is 0. The molecule has 0 radical (unpaired) electrons. The zero-order valence-electron chi connectivity index (χ0n) is 12.0. The molecule has 0 aromatic carbocycles. The Morgan fingerprint density at radius 3 is 2.62 bits per heavy atom. The summed E-state index contributed by atoms with van der Waals surface area (Å²) in [5.41, 5.74) is 0.0649. The van der Waals surface area contributed by atoms with Crippen molar-refractivity contribution in [1.29, 1.82) is 0 Å². The highest BCUT2D eigenvalue weighted by Gasteiger charge is 2.34. The van der Waals surface area contributed by atoms with Gasteiger partial charge in [-0.3, -0.25) is 10.1 Å². The molecule has 2 heterocycles. The van der Waals surface area contributed by atoms with Gasteiger partial charge in [-0.15, -0.1) is 0 Å². The van der Waals surface area contributed by atoms with Crippen molar-refractivity contribution in [2.75, 3.05) is 35.3 Å². The zero-order chi connectivity index (χ0) is 15.8. The highest BCUT2D eigenvalue weighted by Crippen LogP contribution is 2.32. The molecule has 1 aromatic heterocycles. The monoisotopic (exact) mass is 315 g/mol. The molecule has 2 rings (SSSR count). The summed E-state index contributed by atoms with van der Waals surface area (Å²) in [6, 6.07) is -0.374. The molecule has 1 aliphatic heterocycles. The van der Waals surface area contributed by atoms with Crippen molar-refractivity contribution >= 4 is 27.3 Å². The molecule has 0 bridgehead atoms. The van der Waals surface area contributed by atoms with Crippen LogP contribution in [0.25, 0.3) is 0 Å². The predicted octanol–water partition coefficient (Wildman–Crippen LogP) is 0.358. The summed E-state index contributed by atoms with van der Waals surface area (Å²) >= 11 is 0. The first-order chi connectivity index (χ1) is 9.75. The summed E-state index contributed by atoms with van der Waals surface area (Å²) in [5, 5.41) is 14.0. The maximum atomic E-state index is 11.6. The lowest BCUT2D eigenvalue weighted by molar-refractivity contribution is -0.385. The molecule has 1 aliphatic rings. The zero-order valence-corrected chi connectivity index (χ0v) is 12.8. The van der Waals surface area contributed by atoms with Gasteiger partial charge >= 0.3 is 5.69 Å². The van der Waals surface area contributed by atoms with Gasteiger partial charge in [0.15, 0.2) is 9.84 Å². The Labute approximate surface area is 122 Å². The van der Waals surface area contributed by atoms with Crippen LogP contribution in [-0.2, 0) is 9.84 Å². The fourth-order valence-corrected chi connectivity index (χ4v) is 3.95. The van der Waals surface area contributed by atoms with Crippen LogP contribution in [-0.4, -0.2) is 54.4 Å². The maximum Gasteiger partial charge on any atom is 0.332 e. The molecule has 0 amide bonds. The molecule has 0 saturated carbocycles. The van der Waals surface area contributed by atoms with Crippen molar-refractivity contribution in [2.45, 2.75) is 19.9 Å². The molecular weight excluding hydrogens is 298 g/mol. The number of sulfone groups is 1. The van der Waals surface area contributed by atoms with Gasteiger partial charge < -0.3 is 10.2 Å². The first kappa shape index (κ1) is 15.4. The van der Waals surface area contributed by atoms with Crippen LogP contribution in [0.1, 0.15) is 12.6 Å². The minimum absolute atomic E-state index is 0.0353. The Hall–Kier alpha value is -1.97. The van der Waals surface area contributed by atoms with E-state index in [1.165, 1.54) is 6.92 Å². The summed E-state index contributed by atoms with van der Waals surface area (Å²) in [5.74, 6) is 0.363. The molecule has 0 aliphatic carbocycles. The highest BCUT2D eigenvalue weighted by atomic mass is 32.2. The van der Waals surface area contributed by atoms with Gasteiger partial charge in [-0.2, -0.15) is 4.98 Å². The largest absolute Gasteiger partial charge is 0.357 e. The first-order valence-electron chi connectivity index (χ1n) is 6.43. The third kappa shape index (κ3) is 3.04. The predicted molar refractivity (Wildman–Crippen MR) is 78.4 cm³/mol. The number of aryl methyl sites for hydroxylation is 1. The van der Waals surface area contributed by atoms with E-state index >= 15 is 0 Å². The van der Waals surface area contributed by atoms with E-state index in [9.17, 15) is 18.5 Å². The smallest absolute Gasteiger partial charge is 0.332 e. The van der Waals surface area contributed by atoms with Crippen molar-refractivity contribution in [3.8, 4) is 0 Å². The molecule has 1 aromatic rings. The lowest BCUT2D eigenvalue weighted by Gasteiger charge is -2.33. The molecule has 1 unspecified atom stereocenters. The second kappa shape index (κ2) is 5.43. The Bertz CT molecular complexity index is 675. The number of hydrogen-bond acceptors (Lipinski definition) is 8. The molecule has 116 valence electrons. The van der Waals surface area contributed by atoms with Gasteiger partial charge in [-0.1, -0.05) is 0 Å². The number of rotatable bonds is 3. The van der Waals surface area contributed by atoms with Gasteiger partial charge in [0.05, 0.1) is 16.4 Å². The van der Waals surface area contributed by atoms with Gasteiger partial charge in [-0.05, 0) is 13.8 Å². The van der Waals surface area contributed by atoms with Crippen molar-refractivity contribution in [1.82, 2.24) is 9.97 Å². The summed E-state index contributed by atoms with van der Waals surface area (Å²) in [4.78, 5) is 20.6. The van der Waals surface area contributed by atoms with E-state index in [-0.39, 0.29) is 47.2 Å². The number of nitrogens with zero attached hydrogens (tertiary/aromatic N) is 4. The Morgan fingerprint density at radius 1 is 1.43 bits per heavy atom. The van der Waals surface area contributed by atoms with Crippen LogP contribution in [0.5, 0.6) is 0 Å². The third-order valence-electron chi connectivity index (χ3n) is 3.39. The highest BCUT2D eigenvalue weighted by molar-refractivity contribution is 7.91. The topological polar surface area (TPSA) is 118 Å². The number of hydrogen-bond donors (Lipinski definition) is 1. The number of aromatic nitrogens is 2. The van der Waals surface area contributed by atoms with Crippen LogP contribution in [0.15, 0.2) is 0 Å². The van der Waals surface area contributed by atoms with Gasteiger partial charge in [-0.25, -0.2) is 13.4 Å². The second-order valence-corrected chi connectivity index (χ2v) is 7.20. The van der Waals surface area contributed by atoms with Crippen LogP contribution in [0.3, 0.4) is 0 Å². The molecule has 10 heteroatoms. The molecule has 1 N–H and O–H groups in total. The van der Waals surface area contributed by atoms with Crippen molar-refractivity contribution in [3.63, 3.8) is 0 Å². The standard InChI is InChI=1S/C11H17N5O4S/c1-7-6-21(19,20)5-4-15(7)10-9(16(17)18)8(2)13-11(12-3)14-10/h7H,4-6H2,1-3H3,(H,12,13,14). The lowest BCUT2D eigenvalue weighted by atomic mass is 10.2. The Kier molecular flexibility index (Phi) is 3.99. The number of nitrogens with one attached hydrogen (secondary N) is 1. The number of nitro groups is 1. The molecular formula is C11H17N5O4S. The summed E-state index contributed by atoms with van der Waals surface area (Å²) in [6.45, 7) is 3.44. The van der Waals surface area contributed by atoms with Crippen LogP contribution in [0.4, 0.5) is 17.5 Å². The maximum absolute atomic E-state index is 11.6. The molecule has 1 atom stereocenters. The molecule has 0 spiro atoms. The van der Waals surface area contributed by atoms with Crippen LogP contribution >= 0.6 is 0 Å². The second-order valence-electron chi connectivity index (χ2n) is 4.97. The normalized spacial score (nSPS) is 21.1. The van der Waals surface area contributed by atoms with Gasteiger partial charge in [0, 0.05) is 19.6 Å². The molecule has 21 heavy (non-hydrogen) atoms. The van der Waals surface area contributed by atoms with Crippen molar-refractivity contribution in [3.05, 3.63) is 15.8 Å². The minimum atomic E-state index is -3.10. The Morgan fingerprint density at radius 2 is 2.10 bits per heavy atom. The van der Waals surface area contributed by atoms with E-state index in [2.05, 4.69) is 15.3 Å². The SMILES string of the molecule is CNc1nc(C)c([N+](=O)[O-])c(N2CCS(=O)(=O)CC2C)n1. The van der Waals surface area contributed by atoms with Gasteiger partial charge in [0.2, 0.25) is 11.8 Å². The third-order valence-corrected chi connectivity index (χ3v) is 5.18. The Balaban J connectivity index is 2.52. The van der Waals surface area contributed by atoms with Crippen LogP contribution in [0, 0.1) is 17.0 Å². The van der Waals surface area contributed by atoms with Crippen LogP contribution < -0.4 is 10.2 Å². The molecule has 1 saturated heterocycles. The molecule has 9 nitrogen and oxygen atoms in total. The summed E-state index contributed by atoms with van der Waals surface area (Å²) in [7, 11) is -1.48. The van der Waals surface area contributed by atoms with E-state index < -0.39 is 14.8 Å². The van der Waals surface area contributed by atoms with Gasteiger partial charge in [0.1, 0.15) is 5.69 Å². The fourth-order valence-electron chi connectivity index (χ4n) is 2.39. The number of anilines is 2. The average molecular weight is 315 g/mol. The van der Waals surface area contributed by atoms with Gasteiger partial charge in [0.25, 0.3) is 0 Å². The van der Waals surface area contributed by atoms with Crippen LogP contribution in [0.2, 0.25) is 0 Å².